The van der Waals surface area contributed by atoms with Gasteiger partial charge in [-0.05, 0) is 32.6 Å². The Kier molecular flexibility index (Phi) is 6.03. The minimum atomic E-state index is -0.650. The number of hydrogen-bond donors (Lipinski definition) is 1. The fourth-order valence-corrected chi connectivity index (χ4v) is 2.70. The predicted octanol–water partition coefficient (Wildman–Crippen LogP) is 0.735. The highest BCUT2D eigenvalue weighted by molar-refractivity contribution is 6.10. The number of nitrogens with one attached hydrogen (secondary N) is 1. The molecule has 0 radical (unpaired) electrons. The Bertz CT molecular complexity index is 603. The molecule has 0 aromatic heterocycles. The third kappa shape index (κ3) is 3.97. The molecule has 1 aliphatic rings. The number of hydrogen-bond acceptors (Lipinski definition) is 5. The lowest BCUT2D eigenvalue weighted by Crippen LogP contribution is -2.39. The second-order valence-corrected chi connectivity index (χ2v) is 5.96. The highest BCUT2D eigenvalue weighted by Crippen LogP contribution is 2.36. The molecule has 1 saturated heterocycles. The lowest BCUT2D eigenvalue weighted by Gasteiger charge is -2.20. The number of likely N-dealkylation sites (N-methyl/N-ethyl adjacent to an activating group) is 1. The number of nitrogens with zero attached hydrogens (tertiary/aromatic N) is 2. The molecule has 0 aliphatic carbocycles. The summed E-state index contributed by atoms with van der Waals surface area (Å²) in [6, 6.07) is 5.28. The average Bonchev–Trinajstić information content (AvgIpc) is 2.95. The molecular weight excluding hydrogens is 310 g/mol. The van der Waals surface area contributed by atoms with Crippen molar-refractivity contribution in [1.29, 1.82) is 0 Å². The van der Waals surface area contributed by atoms with Gasteiger partial charge in [0.2, 0.25) is 11.8 Å². The zero-order valence-electron chi connectivity index (χ0n) is 14.7. The van der Waals surface area contributed by atoms with Gasteiger partial charge < -0.3 is 24.6 Å². The van der Waals surface area contributed by atoms with Crippen molar-refractivity contribution in [3.05, 3.63) is 18.2 Å². The Morgan fingerprint density at radius 3 is 2.71 bits per heavy atom. The number of ether oxygens (including phenoxy) is 2. The largest absolute Gasteiger partial charge is 0.497 e. The second-order valence-electron chi connectivity index (χ2n) is 5.96. The maximum Gasteiger partial charge on any atom is 0.239 e. The first kappa shape index (κ1) is 18.1. The van der Waals surface area contributed by atoms with Crippen LogP contribution in [0.3, 0.4) is 0 Å². The lowest BCUT2D eigenvalue weighted by molar-refractivity contribution is -0.132. The van der Waals surface area contributed by atoms with E-state index in [0.717, 1.165) is 6.54 Å². The van der Waals surface area contributed by atoms with E-state index in [1.54, 1.807) is 37.3 Å². The summed E-state index contributed by atoms with van der Waals surface area (Å²) in [5, 5.41) is 2.83. The van der Waals surface area contributed by atoms with E-state index in [-0.39, 0.29) is 11.8 Å². The number of anilines is 1. The Balaban J connectivity index is 2.10. The highest BCUT2D eigenvalue weighted by atomic mass is 16.5. The van der Waals surface area contributed by atoms with Gasteiger partial charge >= 0.3 is 0 Å². The normalized spacial score (nSPS) is 17.3. The van der Waals surface area contributed by atoms with E-state index >= 15 is 0 Å². The number of benzene rings is 1. The average molecular weight is 335 g/mol. The van der Waals surface area contributed by atoms with Crippen LogP contribution >= 0.6 is 0 Å². The van der Waals surface area contributed by atoms with E-state index in [4.69, 9.17) is 9.47 Å². The summed E-state index contributed by atoms with van der Waals surface area (Å²) >= 11 is 0. The molecule has 132 valence electrons. The molecule has 0 bridgehead atoms. The van der Waals surface area contributed by atoms with Crippen LogP contribution in [0, 0.1) is 5.92 Å². The molecule has 1 aromatic carbocycles. The van der Waals surface area contributed by atoms with Crippen LogP contribution in [-0.2, 0) is 9.59 Å². The summed E-state index contributed by atoms with van der Waals surface area (Å²) in [5.74, 6) is 0.147. The zero-order chi connectivity index (χ0) is 17.7. The van der Waals surface area contributed by atoms with Gasteiger partial charge in [0.1, 0.15) is 17.4 Å². The van der Waals surface area contributed by atoms with E-state index in [0.29, 0.717) is 36.7 Å². The molecule has 1 aromatic rings. The monoisotopic (exact) mass is 335 g/mol. The van der Waals surface area contributed by atoms with Crippen LogP contribution in [-0.4, -0.2) is 64.7 Å². The molecule has 1 aliphatic heterocycles. The highest BCUT2D eigenvalue weighted by Gasteiger charge is 2.38. The summed E-state index contributed by atoms with van der Waals surface area (Å²) in [6.07, 6.45) is 0.493. The zero-order valence-corrected chi connectivity index (χ0v) is 14.7. The van der Waals surface area contributed by atoms with Crippen LogP contribution in [0.5, 0.6) is 11.5 Å². The van der Waals surface area contributed by atoms with Crippen molar-refractivity contribution in [2.75, 3.05) is 52.8 Å². The molecule has 0 unspecified atom stereocenters. The topological polar surface area (TPSA) is 71.1 Å². The fraction of sp³-hybridized carbons (Fsp3) is 0.529. The number of methoxy groups -OCH3 is 2. The van der Waals surface area contributed by atoms with Gasteiger partial charge in [-0.1, -0.05) is 0 Å². The van der Waals surface area contributed by atoms with Crippen molar-refractivity contribution in [1.82, 2.24) is 10.2 Å². The minimum absolute atomic E-state index is 0.205. The molecule has 0 saturated carbocycles. The Morgan fingerprint density at radius 1 is 1.33 bits per heavy atom. The third-order valence-electron chi connectivity index (χ3n) is 4.06. The van der Waals surface area contributed by atoms with E-state index in [1.165, 1.54) is 0 Å². The van der Waals surface area contributed by atoms with Gasteiger partial charge in [-0.15, -0.1) is 0 Å². The van der Waals surface area contributed by atoms with Crippen LogP contribution < -0.4 is 19.7 Å². The third-order valence-corrected chi connectivity index (χ3v) is 4.06. The Hall–Kier alpha value is -2.28. The van der Waals surface area contributed by atoms with Crippen LogP contribution in [0.15, 0.2) is 18.2 Å². The quantitative estimate of drug-likeness (QED) is 0.744. The molecule has 2 rings (SSSR count). The van der Waals surface area contributed by atoms with E-state index in [9.17, 15) is 9.59 Å². The molecular formula is C17H25N3O4. The molecule has 7 heteroatoms. The fourth-order valence-electron chi connectivity index (χ4n) is 2.70. The number of amides is 2. The Morgan fingerprint density at radius 2 is 2.08 bits per heavy atom. The molecule has 2 amide bonds. The molecule has 24 heavy (non-hydrogen) atoms. The van der Waals surface area contributed by atoms with E-state index in [1.807, 2.05) is 19.0 Å². The first-order chi connectivity index (χ1) is 11.5. The SMILES string of the molecule is COc1ccc(OC)c(N2CC[C@@H](C(=O)NCCN(C)C)C2=O)c1. The summed E-state index contributed by atoms with van der Waals surface area (Å²) in [6.45, 7) is 1.74. The standard InChI is InChI=1S/C17H25N3O4/c1-19(2)10-8-18-16(21)13-7-9-20(17(13)22)14-11-12(23-3)5-6-15(14)24-4/h5-6,11,13H,7-10H2,1-4H3,(H,18,21)/t13-/m0/s1. The van der Waals surface area contributed by atoms with E-state index < -0.39 is 5.92 Å². The van der Waals surface area contributed by atoms with Gasteiger partial charge in [-0.3, -0.25) is 9.59 Å². The number of carbonyl (C=O) groups is 2. The molecule has 0 spiro atoms. The molecule has 1 fully saturated rings. The summed E-state index contributed by atoms with van der Waals surface area (Å²) in [7, 11) is 6.99. The molecule has 1 heterocycles. The first-order valence-corrected chi connectivity index (χ1v) is 7.93. The number of rotatable bonds is 7. The minimum Gasteiger partial charge on any atom is -0.497 e. The lowest BCUT2D eigenvalue weighted by atomic mass is 10.1. The van der Waals surface area contributed by atoms with Crippen molar-refractivity contribution in [3.63, 3.8) is 0 Å². The van der Waals surface area contributed by atoms with Crippen molar-refractivity contribution in [2.24, 2.45) is 5.92 Å². The second kappa shape index (κ2) is 8.01. The van der Waals surface area contributed by atoms with Crippen LogP contribution in [0.4, 0.5) is 5.69 Å². The summed E-state index contributed by atoms with van der Waals surface area (Å²) in [5.41, 5.74) is 0.630. The van der Waals surface area contributed by atoms with Gasteiger partial charge in [-0.2, -0.15) is 0 Å². The van der Waals surface area contributed by atoms with Crippen LogP contribution in [0.2, 0.25) is 0 Å². The van der Waals surface area contributed by atoms with Crippen molar-refractivity contribution >= 4 is 17.5 Å². The molecule has 1 atom stereocenters. The number of carbonyl (C=O) groups excluding carboxylic acids is 2. The first-order valence-electron chi connectivity index (χ1n) is 7.93. The van der Waals surface area contributed by atoms with Gasteiger partial charge in [0, 0.05) is 25.7 Å². The summed E-state index contributed by atoms with van der Waals surface area (Å²) < 4.78 is 10.6. The summed E-state index contributed by atoms with van der Waals surface area (Å²) in [4.78, 5) is 28.5. The van der Waals surface area contributed by atoms with Gasteiger partial charge in [-0.25, -0.2) is 0 Å². The Labute approximate surface area is 142 Å². The van der Waals surface area contributed by atoms with Gasteiger partial charge in [0.25, 0.3) is 0 Å². The molecule has 7 nitrogen and oxygen atoms in total. The maximum atomic E-state index is 12.7. The predicted molar refractivity (Wildman–Crippen MR) is 91.6 cm³/mol. The van der Waals surface area contributed by atoms with E-state index in [2.05, 4.69) is 5.32 Å². The van der Waals surface area contributed by atoms with Crippen molar-refractivity contribution in [3.8, 4) is 11.5 Å². The smallest absolute Gasteiger partial charge is 0.239 e. The van der Waals surface area contributed by atoms with Gasteiger partial charge in [0.15, 0.2) is 0 Å². The molecule has 1 N–H and O–H groups in total. The van der Waals surface area contributed by atoms with Crippen LogP contribution in [0.1, 0.15) is 6.42 Å². The van der Waals surface area contributed by atoms with Gasteiger partial charge in [0.05, 0.1) is 19.9 Å². The van der Waals surface area contributed by atoms with Crippen molar-refractivity contribution in [2.45, 2.75) is 6.42 Å². The maximum absolute atomic E-state index is 12.7. The van der Waals surface area contributed by atoms with Crippen molar-refractivity contribution < 1.29 is 19.1 Å². The van der Waals surface area contributed by atoms with Crippen LogP contribution in [0.25, 0.3) is 0 Å².